The smallest absolute Gasteiger partial charge is 0.193 e. The summed E-state index contributed by atoms with van der Waals surface area (Å²) in [6, 6.07) is 16.3. The van der Waals surface area contributed by atoms with Crippen LogP contribution in [-0.2, 0) is 24.8 Å². The lowest BCUT2D eigenvalue weighted by Gasteiger charge is -2.60. The fourth-order valence-corrected chi connectivity index (χ4v) is 10.5. The van der Waals surface area contributed by atoms with Crippen molar-refractivity contribution in [3.05, 3.63) is 77.9 Å². The van der Waals surface area contributed by atoms with Gasteiger partial charge in [0.1, 0.15) is 6.61 Å². The summed E-state index contributed by atoms with van der Waals surface area (Å²) in [6.45, 7) is 5.41. The van der Waals surface area contributed by atoms with E-state index in [1.807, 2.05) is 56.4 Å². The summed E-state index contributed by atoms with van der Waals surface area (Å²) in [4.78, 5) is 28.3. The van der Waals surface area contributed by atoms with Crippen LogP contribution in [0.4, 0.5) is 5.69 Å². The van der Waals surface area contributed by atoms with Crippen molar-refractivity contribution < 1.29 is 29.3 Å². The predicted molar refractivity (Wildman–Crippen MR) is 168 cm³/mol. The molecule has 4 aliphatic carbocycles. The first kappa shape index (κ1) is 29.9. The SMILES string of the molecule is CNc1ccc(Sc2ccc([C@@]3(C)O[C@@H]4C[C@H]5C6CCC7=CC(=O)C=C[C@]7(C)[C@H]6[C@@H](O)C[C@]5(C)[C@]4(C(=O)CO)O3)cc2)cc1. The minimum atomic E-state index is -1.38. The minimum Gasteiger partial charge on any atom is -0.393 e. The number of fused-ring (bicyclic) bond motifs is 7. The number of rotatable bonds is 6. The molecule has 7 rings (SSSR count). The van der Waals surface area contributed by atoms with Crippen molar-refractivity contribution in [3.63, 3.8) is 0 Å². The second kappa shape index (κ2) is 10.4. The van der Waals surface area contributed by atoms with Gasteiger partial charge in [-0.1, -0.05) is 49.4 Å². The van der Waals surface area contributed by atoms with Gasteiger partial charge in [-0.15, -0.1) is 0 Å². The molecule has 4 fully saturated rings. The topological polar surface area (TPSA) is 105 Å². The summed E-state index contributed by atoms with van der Waals surface area (Å²) >= 11 is 1.66. The van der Waals surface area contributed by atoms with E-state index < -0.39 is 41.0 Å². The van der Waals surface area contributed by atoms with Crippen LogP contribution in [-0.4, -0.2) is 53.2 Å². The lowest BCUT2D eigenvalue weighted by atomic mass is 9.46. The molecular weight excluding hydrogens is 574 g/mol. The van der Waals surface area contributed by atoms with E-state index in [0.717, 1.165) is 39.5 Å². The third-order valence-corrected chi connectivity index (χ3v) is 12.7. The monoisotopic (exact) mass is 615 g/mol. The highest BCUT2D eigenvalue weighted by Gasteiger charge is 2.77. The van der Waals surface area contributed by atoms with Crippen molar-refractivity contribution >= 4 is 29.0 Å². The molecule has 0 aromatic heterocycles. The van der Waals surface area contributed by atoms with Gasteiger partial charge in [0, 0.05) is 44.8 Å². The average Bonchev–Trinajstić information content (AvgIpc) is 3.45. The van der Waals surface area contributed by atoms with Crippen LogP contribution in [0, 0.1) is 28.6 Å². The van der Waals surface area contributed by atoms with E-state index in [9.17, 15) is 19.8 Å². The lowest BCUT2D eigenvalue weighted by Crippen LogP contribution is -2.63. The number of allylic oxidation sites excluding steroid dienone is 4. The van der Waals surface area contributed by atoms with Gasteiger partial charge in [-0.2, -0.15) is 0 Å². The van der Waals surface area contributed by atoms with E-state index in [1.165, 1.54) is 0 Å². The summed E-state index contributed by atoms with van der Waals surface area (Å²) in [7, 11) is 1.90. The Morgan fingerprint density at radius 2 is 1.75 bits per heavy atom. The van der Waals surface area contributed by atoms with E-state index in [1.54, 1.807) is 23.9 Å². The highest BCUT2D eigenvalue weighted by atomic mass is 32.2. The molecule has 0 radical (unpaired) electrons. The Kier molecular flexibility index (Phi) is 7.07. The van der Waals surface area contributed by atoms with Crippen molar-refractivity contribution in [1.29, 1.82) is 0 Å². The predicted octanol–water partition coefficient (Wildman–Crippen LogP) is 5.66. The van der Waals surface area contributed by atoms with Crippen LogP contribution in [0.1, 0.15) is 52.0 Å². The lowest BCUT2D eigenvalue weighted by molar-refractivity contribution is -0.237. The van der Waals surface area contributed by atoms with Gasteiger partial charge in [0.2, 0.25) is 0 Å². The highest BCUT2D eigenvalue weighted by molar-refractivity contribution is 7.99. The van der Waals surface area contributed by atoms with Crippen molar-refractivity contribution in [1.82, 2.24) is 0 Å². The molecule has 7 nitrogen and oxygen atoms in total. The number of hydrogen-bond donors (Lipinski definition) is 3. The van der Waals surface area contributed by atoms with Crippen LogP contribution in [0.3, 0.4) is 0 Å². The van der Waals surface area contributed by atoms with E-state index in [0.29, 0.717) is 12.8 Å². The molecule has 1 unspecified atom stereocenters. The number of carbonyl (C=O) groups excluding carboxylic acids is 2. The number of Topliss-reactive ketones (excluding diaryl/α,β-unsaturated/α-hetero) is 1. The average molecular weight is 616 g/mol. The first-order valence-corrected chi connectivity index (χ1v) is 16.5. The van der Waals surface area contributed by atoms with E-state index >= 15 is 0 Å². The van der Waals surface area contributed by atoms with Gasteiger partial charge in [0.15, 0.2) is 23.0 Å². The molecule has 1 aliphatic heterocycles. The van der Waals surface area contributed by atoms with Crippen molar-refractivity contribution in [2.24, 2.45) is 28.6 Å². The van der Waals surface area contributed by atoms with Crippen molar-refractivity contribution in [3.8, 4) is 0 Å². The maximum absolute atomic E-state index is 13.9. The molecule has 2 aromatic carbocycles. The Balaban J connectivity index is 1.18. The standard InChI is InChI=1S/C36H41NO6S/c1-33-16-15-24(39)17-22(33)7-14-27-28-18-31-36(30(41)20-38,34(28,2)19-29(40)32(27)33)43-35(3,42-31)21-5-10-25(11-6-21)44-26-12-8-23(37-4)9-13-26/h5-6,8-13,15-17,27-29,31-32,37-38,40H,7,14,18-20H2,1-4H3/t27?,28-,29-,31+,32+,33-,34-,35-,36+/m0/s1. The van der Waals surface area contributed by atoms with Crippen LogP contribution >= 0.6 is 11.8 Å². The molecule has 0 amide bonds. The molecule has 5 aliphatic rings. The molecule has 232 valence electrons. The summed E-state index contributed by atoms with van der Waals surface area (Å²) < 4.78 is 13.7. The highest BCUT2D eigenvalue weighted by Crippen LogP contribution is 2.71. The van der Waals surface area contributed by atoms with E-state index in [4.69, 9.17) is 9.47 Å². The van der Waals surface area contributed by atoms with Crippen LogP contribution in [0.25, 0.3) is 0 Å². The van der Waals surface area contributed by atoms with Crippen molar-refractivity contribution in [2.45, 2.75) is 79.8 Å². The van der Waals surface area contributed by atoms with Gasteiger partial charge >= 0.3 is 0 Å². The summed E-state index contributed by atoms with van der Waals surface area (Å²) in [6.07, 6.45) is 6.68. The number of aliphatic hydroxyl groups is 2. The summed E-state index contributed by atoms with van der Waals surface area (Å²) in [5.41, 5.74) is 0.419. The third kappa shape index (κ3) is 4.18. The zero-order valence-corrected chi connectivity index (χ0v) is 26.5. The normalized spacial score (nSPS) is 40.5. The zero-order valence-electron chi connectivity index (χ0n) is 25.7. The number of hydrogen-bond acceptors (Lipinski definition) is 8. The van der Waals surface area contributed by atoms with Crippen LogP contribution in [0.15, 0.2) is 82.1 Å². The number of carbonyl (C=O) groups is 2. The molecule has 0 spiro atoms. The number of nitrogens with one attached hydrogen (secondary N) is 1. The summed E-state index contributed by atoms with van der Waals surface area (Å²) in [5.74, 6) is -1.47. The molecule has 1 saturated heterocycles. The van der Waals surface area contributed by atoms with Gasteiger partial charge in [-0.05, 0) is 93.0 Å². The zero-order chi connectivity index (χ0) is 31.1. The van der Waals surface area contributed by atoms with Gasteiger partial charge in [0.25, 0.3) is 0 Å². The van der Waals surface area contributed by atoms with Gasteiger partial charge in [-0.25, -0.2) is 0 Å². The maximum atomic E-state index is 13.9. The molecule has 1 heterocycles. The Bertz CT molecular complexity index is 1550. The van der Waals surface area contributed by atoms with Gasteiger partial charge in [-0.3, -0.25) is 9.59 Å². The molecular formula is C36H41NO6S. The Morgan fingerprint density at radius 1 is 1.07 bits per heavy atom. The Morgan fingerprint density at radius 3 is 2.41 bits per heavy atom. The second-order valence-corrected chi connectivity index (χ2v) is 15.0. The fraction of sp³-hybridized carbons (Fsp3) is 0.500. The quantitative estimate of drug-likeness (QED) is 0.383. The first-order chi connectivity index (χ1) is 21.0. The second-order valence-electron chi connectivity index (χ2n) is 13.8. The Hall–Kier alpha value is -2.75. The number of benzene rings is 2. The molecule has 3 saturated carbocycles. The number of ketones is 2. The molecule has 9 atom stereocenters. The van der Waals surface area contributed by atoms with Gasteiger partial charge < -0.3 is 25.0 Å². The maximum Gasteiger partial charge on any atom is 0.193 e. The summed E-state index contributed by atoms with van der Waals surface area (Å²) in [5, 5.41) is 25.3. The molecule has 3 N–H and O–H groups in total. The Labute approximate surface area is 263 Å². The van der Waals surface area contributed by atoms with Gasteiger partial charge in [0.05, 0.1) is 12.2 Å². The number of ether oxygens (including phenoxy) is 2. The van der Waals surface area contributed by atoms with Crippen molar-refractivity contribution in [2.75, 3.05) is 19.0 Å². The molecule has 44 heavy (non-hydrogen) atoms. The van der Waals surface area contributed by atoms with Crippen LogP contribution < -0.4 is 5.32 Å². The minimum absolute atomic E-state index is 0.00449. The largest absolute Gasteiger partial charge is 0.393 e. The number of anilines is 1. The number of aliphatic hydroxyl groups excluding tert-OH is 2. The van der Waals surface area contributed by atoms with Crippen LogP contribution in [0.2, 0.25) is 0 Å². The fourth-order valence-electron chi connectivity index (χ4n) is 9.67. The van der Waals surface area contributed by atoms with Crippen LogP contribution in [0.5, 0.6) is 0 Å². The first-order valence-electron chi connectivity index (χ1n) is 15.7. The molecule has 8 heteroatoms. The van der Waals surface area contributed by atoms with E-state index in [2.05, 4.69) is 31.3 Å². The molecule has 2 aromatic rings. The van der Waals surface area contributed by atoms with E-state index in [-0.39, 0.29) is 29.3 Å². The molecule has 0 bridgehead atoms. The third-order valence-electron chi connectivity index (χ3n) is 11.7.